The van der Waals surface area contributed by atoms with Crippen molar-refractivity contribution in [1.29, 1.82) is 0 Å². The Kier molecular flexibility index (Phi) is 6.48. The third-order valence-electron chi connectivity index (χ3n) is 5.04. The quantitative estimate of drug-likeness (QED) is 0.793. The van der Waals surface area contributed by atoms with Crippen molar-refractivity contribution in [3.63, 3.8) is 0 Å². The van der Waals surface area contributed by atoms with Gasteiger partial charge in [-0.15, -0.1) is 0 Å². The van der Waals surface area contributed by atoms with Crippen LogP contribution >= 0.6 is 0 Å². The second-order valence-electron chi connectivity index (χ2n) is 7.19. The molecule has 0 aromatic heterocycles. The summed E-state index contributed by atoms with van der Waals surface area (Å²) in [6.07, 6.45) is 0. The maximum absolute atomic E-state index is 12.7. The first-order valence-electron chi connectivity index (χ1n) is 8.81. The molecule has 7 heteroatoms. The van der Waals surface area contributed by atoms with Gasteiger partial charge in [0.15, 0.2) is 0 Å². The zero-order chi connectivity index (χ0) is 18.7. The van der Waals surface area contributed by atoms with E-state index in [1.807, 2.05) is 0 Å². The number of ether oxygens (including phenoxy) is 1. The van der Waals surface area contributed by atoms with Crippen LogP contribution in [0.25, 0.3) is 0 Å². The summed E-state index contributed by atoms with van der Waals surface area (Å²) < 4.78 is 33.3. The van der Waals surface area contributed by atoms with E-state index in [1.54, 1.807) is 32.2 Å². The number of hydrogen-bond donors (Lipinski definition) is 1. The Bertz CT molecular complexity index is 681. The van der Waals surface area contributed by atoms with Crippen molar-refractivity contribution < 1.29 is 13.2 Å². The first-order chi connectivity index (χ1) is 11.7. The van der Waals surface area contributed by atoms with Crippen molar-refractivity contribution in [1.82, 2.24) is 14.5 Å². The number of rotatable bonds is 7. The van der Waals surface area contributed by atoms with Crippen molar-refractivity contribution in [2.75, 3.05) is 46.4 Å². The Labute approximate surface area is 152 Å². The number of methoxy groups -OCH3 is 1. The van der Waals surface area contributed by atoms with Crippen LogP contribution in [0, 0.1) is 6.92 Å². The number of sulfonamides is 1. The molecular weight excluding hydrogens is 338 g/mol. The number of likely N-dealkylation sites (N-methyl/N-ethyl adjacent to an activating group) is 1. The van der Waals surface area contributed by atoms with Crippen molar-refractivity contribution in [3.8, 4) is 5.75 Å². The highest BCUT2D eigenvalue weighted by Gasteiger charge is 2.31. The second-order valence-corrected chi connectivity index (χ2v) is 8.93. The lowest BCUT2D eigenvalue weighted by Gasteiger charge is -2.44. The van der Waals surface area contributed by atoms with Gasteiger partial charge in [0.25, 0.3) is 0 Å². The highest BCUT2D eigenvalue weighted by atomic mass is 32.2. The van der Waals surface area contributed by atoms with E-state index in [2.05, 4.69) is 35.3 Å². The highest BCUT2D eigenvalue weighted by molar-refractivity contribution is 7.89. The first-order valence-corrected chi connectivity index (χ1v) is 10.3. The molecule has 0 amide bonds. The van der Waals surface area contributed by atoms with Gasteiger partial charge in [0, 0.05) is 38.3 Å². The predicted molar refractivity (Wildman–Crippen MR) is 101 cm³/mol. The fraction of sp³-hybridized carbons (Fsp3) is 0.667. The lowest BCUT2D eigenvalue weighted by atomic mass is 10.0. The van der Waals surface area contributed by atoms with E-state index in [0.29, 0.717) is 22.8 Å². The predicted octanol–water partition coefficient (Wildman–Crippen LogP) is 1.70. The summed E-state index contributed by atoms with van der Waals surface area (Å²) in [6, 6.07) is 5.02. The van der Waals surface area contributed by atoms with E-state index < -0.39 is 10.0 Å². The minimum atomic E-state index is -3.55. The lowest BCUT2D eigenvalue weighted by molar-refractivity contribution is 0.0571. The summed E-state index contributed by atoms with van der Waals surface area (Å²) in [7, 11) is -1.97. The largest absolute Gasteiger partial charge is 0.497 e. The maximum atomic E-state index is 12.7. The Balaban J connectivity index is 2.03. The van der Waals surface area contributed by atoms with Crippen LogP contribution in [0.15, 0.2) is 23.1 Å². The Morgan fingerprint density at radius 1 is 1.20 bits per heavy atom. The second kappa shape index (κ2) is 8.03. The minimum Gasteiger partial charge on any atom is -0.497 e. The van der Waals surface area contributed by atoms with Crippen LogP contribution in [-0.2, 0) is 10.0 Å². The van der Waals surface area contributed by atoms with E-state index >= 15 is 0 Å². The van der Waals surface area contributed by atoms with Crippen LogP contribution in [-0.4, -0.2) is 70.1 Å². The van der Waals surface area contributed by atoms with Crippen molar-refractivity contribution in [2.45, 2.75) is 38.1 Å². The van der Waals surface area contributed by atoms with Gasteiger partial charge in [-0.1, -0.05) is 6.92 Å². The summed E-state index contributed by atoms with van der Waals surface area (Å²) in [5, 5.41) is 0. The van der Waals surface area contributed by atoms with Gasteiger partial charge in [-0.3, -0.25) is 4.90 Å². The smallest absolute Gasteiger partial charge is 0.240 e. The number of nitrogens with one attached hydrogen (secondary N) is 1. The van der Waals surface area contributed by atoms with Gasteiger partial charge in [0.05, 0.1) is 12.0 Å². The van der Waals surface area contributed by atoms with E-state index in [0.717, 1.165) is 32.7 Å². The van der Waals surface area contributed by atoms with Crippen LogP contribution in [0.1, 0.15) is 26.3 Å². The monoisotopic (exact) mass is 369 g/mol. The molecule has 0 unspecified atom stereocenters. The van der Waals surface area contributed by atoms with Crippen LogP contribution in [0.5, 0.6) is 5.75 Å². The highest BCUT2D eigenvalue weighted by Crippen LogP contribution is 2.22. The molecule has 25 heavy (non-hydrogen) atoms. The van der Waals surface area contributed by atoms with E-state index in [-0.39, 0.29) is 5.54 Å². The molecule has 6 nitrogen and oxygen atoms in total. The molecule has 0 radical (unpaired) electrons. The first kappa shape index (κ1) is 20.2. The van der Waals surface area contributed by atoms with Crippen LogP contribution in [0.4, 0.5) is 0 Å². The molecule has 1 aliphatic rings. The molecule has 0 aliphatic carbocycles. The summed E-state index contributed by atoms with van der Waals surface area (Å²) >= 11 is 0. The standard InChI is InChI=1S/C18H31N3O3S/c1-6-20-9-11-21(12-10-20)18(3,4)14-19-25(22,23)17-8-7-16(24-5)13-15(17)2/h7-8,13,19H,6,9-12,14H2,1-5H3. The minimum absolute atomic E-state index is 0.229. The topological polar surface area (TPSA) is 61.9 Å². The molecular formula is C18H31N3O3S. The molecule has 2 rings (SSSR count). The summed E-state index contributed by atoms with van der Waals surface area (Å²) in [5.74, 6) is 0.658. The van der Waals surface area contributed by atoms with E-state index in [4.69, 9.17) is 4.74 Å². The van der Waals surface area contributed by atoms with Crippen molar-refractivity contribution >= 4 is 10.0 Å². The number of nitrogens with zero attached hydrogens (tertiary/aromatic N) is 2. The summed E-state index contributed by atoms with van der Waals surface area (Å²) in [6.45, 7) is 13.6. The maximum Gasteiger partial charge on any atom is 0.240 e. The average molecular weight is 370 g/mol. The molecule has 1 aliphatic heterocycles. The van der Waals surface area contributed by atoms with Crippen LogP contribution < -0.4 is 9.46 Å². The fourth-order valence-corrected chi connectivity index (χ4v) is 4.61. The number of benzene rings is 1. The summed E-state index contributed by atoms with van der Waals surface area (Å²) in [5.41, 5.74) is 0.453. The molecule has 0 atom stereocenters. The van der Waals surface area contributed by atoms with Crippen molar-refractivity contribution in [3.05, 3.63) is 23.8 Å². The fourth-order valence-electron chi connectivity index (χ4n) is 3.18. The SMILES string of the molecule is CCN1CCN(C(C)(C)CNS(=O)(=O)c2ccc(OC)cc2C)CC1. The molecule has 0 spiro atoms. The Morgan fingerprint density at radius 2 is 1.84 bits per heavy atom. The molecule has 1 N–H and O–H groups in total. The molecule has 0 bridgehead atoms. The third-order valence-corrected chi connectivity index (χ3v) is 6.60. The molecule has 1 fully saturated rings. The Hall–Kier alpha value is -1.15. The molecule has 1 saturated heterocycles. The summed E-state index contributed by atoms with van der Waals surface area (Å²) in [4.78, 5) is 5.08. The van der Waals surface area contributed by atoms with Crippen LogP contribution in [0.3, 0.4) is 0 Å². The van der Waals surface area contributed by atoms with Gasteiger partial charge in [0.2, 0.25) is 10.0 Å². The molecule has 142 valence electrons. The normalized spacial score (nSPS) is 17.6. The van der Waals surface area contributed by atoms with Crippen LogP contribution in [0.2, 0.25) is 0 Å². The lowest BCUT2D eigenvalue weighted by Crippen LogP contribution is -2.58. The molecule has 1 heterocycles. The van der Waals surface area contributed by atoms with Gasteiger partial charge in [-0.25, -0.2) is 13.1 Å². The van der Waals surface area contributed by atoms with Gasteiger partial charge in [-0.2, -0.15) is 0 Å². The number of hydrogen-bond acceptors (Lipinski definition) is 5. The molecule has 0 saturated carbocycles. The Morgan fingerprint density at radius 3 is 2.36 bits per heavy atom. The van der Waals surface area contributed by atoms with E-state index in [1.165, 1.54) is 0 Å². The average Bonchev–Trinajstić information content (AvgIpc) is 2.60. The third kappa shape index (κ3) is 4.94. The van der Waals surface area contributed by atoms with Gasteiger partial charge < -0.3 is 9.64 Å². The zero-order valence-electron chi connectivity index (χ0n) is 16.0. The van der Waals surface area contributed by atoms with Crippen molar-refractivity contribution in [2.24, 2.45) is 0 Å². The molecule has 1 aromatic rings. The van der Waals surface area contributed by atoms with Gasteiger partial charge in [-0.05, 0) is 51.1 Å². The zero-order valence-corrected chi connectivity index (χ0v) is 16.8. The number of aryl methyl sites for hydroxylation is 1. The number of piperazine rings is 1. The van der Waals surface area contributed by atoms with Gasteiger partial charge >= 0.3 is 0 Å². The molecule has 1 aromatic carbocycles. The van der Waals surface area contributed by atoms with Gasteiger partial charge in [0.1, 0.15) is 5.75 Å². The van der Waals surface area contributed by atoms with E-state index in [9.17, 15) is 8.42 Å².